The first kappa shape index (κ1) is 14.1. The first-order chi connectivity index (χ1) is 9.29. The van der Waals surface area contributed by atoms with E-state index >= 15 is 0 Å². The molecule has 1 N–H and O–H groups in total. The molecule has 1 heterocycles. The second-order valence-electron chi connectivity index (χ2n) is 5.15. The molecule has 0 radical (unpaired) electrons. The minimum atomic E-state index is -0.0831. The van der Waals surface area contributed by atoms with Gasteiger partial charge in [0.15, 0.2) is 0 Å². The molecule has 0 aromatic carbocycles. The summed E-state index contributed by atoms with van der Waals surface area (Å²) < 4.78 is 6.47. The average Bonchev–Trinajstić information content (AvgIpc) is 2.46. The number of hydrogen-bond acceptors (Lipinski definition) is 4. The van der Waals surface area contributed by atoms with Crippen LogP contribution >= 0.6 is 0 Å². The minimum absolute atomic E-state index is 0.0831. The van der Waals surface area contributed by atoms with E-state index < -0.39 is 0 Å². The van der Waals surface area contributed by atoms with E-state index in [2.05, 4.69) is 10.4 Å². The molecule has 1 aliphatic rings. The highest BCUT2D eigenvalue weighted by molar-refractivity contribution is 5.05. The molecule has 1 aromatic heterocycles. The normalized spacial score (nSPS) is 16.5. The molecule has 1 fully saturated rings. The van der Waals surface area contributed by atoms with Crippen LogP contribution in [0.2, 0.25) is 0 Å². The smallest absolute Gasteiger partial charge is 0.267 e. The van der Waals surface area contributed by atoms with Crippen LogP contribution in [0, 0.1) is 5.92 Å². The number of aromatic nitrogens is 2. The lowest BCUT2D eigenvalue weighted by atomic mass is 9.89. The quantitative estimate of drug-likeness (QED) is 0.790. The van der Waals surface area contributed by atoms with Gasteiger partial charge in [-0.1, -0.05) is 19.3 Å². The fraction of sp³-hybridized carbons (Fsp3) is 0.714. The van der Waals surface area contributed by atoms with Crippen molar-refractivity contribution in [3.63, 3.8) is 0 Å². The highest BCUT2D eigenvalue weighted by atomic mass is 16.5. The van der Waals surface area contributed by atoms with Crippen LogP contribution in [0.15, 0.2) is 16.9 Å². The van der Waals surface area contributed by atoms with E-state index in [0.717, 1.165) is 19.0 Å². The molecular formula is C14H23N3O2. The van der Waals surface area contributed by atoms with E-state index in [0.29, 0.717) is 12.4 Å². The van der Waals surface area contributed by atoms with Crippen LogP contribution in [-0.2, 0) is 6.54 Å². The molecule has 0 spiro atoms. The maximum atomic E-state index is 11.6. The molecule has 0 unspecified atom stereocenters. The van der Waals surface area contributed by atoms with Crippen LogP contribution < -0.4 is 15.6 Å². The van der Waals surface area contributed by atoms with Gasteiger partial charge in [0.1, 0.15) is 0 Å². The van der Waals surface area contributed by atoms with Crippen LogP contribution in [0.1, 0.15) is 32.1 Å². The van der Waals surface area contributed by atoms with Crippen molar-refractivity contribution < 1.29 is 4.74 Å². The molecule has 0 amide bonds. The molecule has 1 saturated carbocycles. The molecule has 1 aliphatic carbocycles. The van der Waals surface area contributed by atoms with Gasteiger partial charge < -0.3 is 10.1 Å². The lowest BCUT2D eigenvalue weighted by Gasteiger charge is -2.21. The second kappa shape index (κ2) is 7.28. The average molecular weight is 265 g/mol. The molecule has 0 bridgehead atoms. The SMILES string of the molecule is COc1ccc(=O)n(CCNCC2CCCCC2)n1. The lowest BCUT2D eigenvalue weighted by molar-refractivity contribution is 0.336. The fourth-order valence-corrected chi connectivity index (χ4v) is 2.58. The molecule has 0 saturated heterocycles. The van der Waals surface area contributed by atoms with Gasteiger partial charge in [-0.05, 0) is 25.3 Å². The van der Waals surface area contributed by atoms with Gasteiger partial charge in [-0.2, -0.15) is 0 Å². The van der Waals surface area contributed by atoms with Gasteiger partial charge in [0.25, 0.3) is 5.56 Å². The van der Waals surface area contributed by atoms with Crippen molar-refractivity contribution in [3.8, 4) is 5.88 Å². The first-order valence-electron chi connectivity index (χ1n) is 7.12. The molecule has 19 heavy (non-hydrogen) atoms. The summed E-state index contributed by atoms with van der Waals surface area (Å²) in [6, 6.07) is 3.08. The summed E-state index contributed by atoms with van der Waals surface area (Å²) in [4.78, 5) is 11.6. The molecule has 5 nitrogen and oxygen atoms in total. The van der Waals surface area contributed by atoms with Crippen molar-refractivity contribution in [2.24, 2.45) is 5.92 Å². The van der Waals surface area contributed by atoms with Gasteiger partial charge >= 0.3 is 0 Å². The molecule has 106 valence electrons. The third-order valence-corrected chi connectivity index (χ3v) is 3.71. The predicted molar refractivity (Wildman–Crippen MR) is 74.5 cm³/mol. The molecule has 5 heteroatoms. The zero-order valence-electron chi connectivity index (χ0n) is 11.6. The number of hydrogen-bond donors (Lipinski definition) is 1. The topological polar surface area (TPSA) is 56.1 Å². The Balaban J connectivity index is 1.74. The molecule has 1 aromatic rings. The number of methoxy groups -OCH3 is 1. The van der Waals surface area contributed by atoms with Crippen LogP contribution in [0.5, 0.6) is 5.88 Å². The Morgan fingerprint density at radius 1 is 1.37 bits per heavy atom. The summed E-state index contributed by atoms with van der Waals surface area (Å²) in [6.45, 7) is 2.41. The van der Waals surface area contributed by atoms with Crippen molar-refractivity contribution in [2.45, 2.75) is 38.6 Å². The van der Waals surface area contributed by atoms with Gasteiger partial charge in [-0.3, -0.25) is 4.79 Å². The zero-order valence-corrected chi connectivity index (χ0v) is 11.6. The summed E-state index contributed by atoms with van der Waals surface area (Å²) in [5.74, 6) is 1.29. The Labute approximate surface area is 114 Å². The van der Waals surface area contributed by atoms with Gasteiger partial charge in [0.05, 0.1) is 13.7 Å². The van der Waals surface area contributed by atoms with E-state index in [4.69, 9.17) is 4.74 Å². The van der Waals surface area contributed by atoms with Crippen molar-refractivity contribution in [1.29, 1.82) is 0 Å². The summed E-state index contributed by atoms with van der Waals surface area (Å²) in [6.07, 6.45) is 6.79. The zero-order chi connectivity index (χ0) is 13.5. The third kappa shape index (κ3) is 4.35. The van der Waals surface area contributed by atoms with Crippen molar-refractivity contribution >= 4 is 0 Å². The Hall–Kier alpha value is -1.36. The minimum Gasteiger partial charge on any atom is -0.480 e. The predicted octanol–water partition coefficient (Wildman–Crippen LogP) is 1.42. The van der Waals surface area contributed by atoms with Crippen LogP contribution in [-0.4, -0.2) is 30.0 Å². The standard InChI is InChI=1S/C14H23N3O2/c1-19-13-7-8-14(18)17(16-13)10-9-15-11-12-5-3-2-4-6-12/h7-8,12,15H,2-6,9-11H2,1H3. The van der Waals surface area contributed by atoms with Crippen molar-refractivity contribution in [2.75, 3.05) is 20.2 Å². The first-order valence-corrected chi connectivity index (χ1v) is 7.12. The van der Waals surface area contributed by atoms with E-state index in [1.54, 1.807) is 13.2 Å². The maximum absolute atomic E-state index is 11.6. The van der Waals surface area contributed by atoms with Gasteiger partial charge in [-0.15, -0.1) is 5.10 Å². The number of rotatable bonds is 6. The van der Waals surface area contributed by atoms with Crippen LogP contribution in [0.3, 0.4) is 0 Å². The van der Waals surface area contributed by atoms with Crippen LogP contribution in [0.25, 0.3) is 0 Å². The number of nitrogens with one attached hydrogen (secondary N) is 1. The Bertz CT molecular complexity index is 439. The largest absolute Gasteiger partial charge is 0.480 e. The Kier molecular flexibility index (Phi) is 5.39. The van der Waals surface area contributed by atoms with Crippen molar-refractivity contribution in [1.82, 2.24) is 15.1 Å². The van der Waals surface area contributed by atoms with E-state index in [1.165, 1.54) is 42.9 Å². The second-order valence-corrected chi connectivity index (χ2v) is 5.15. The molecular weight excluding hydrogens is 242 g/mol. The van der Waals surface area contributed by atoms with E-state index in [-0.39, 0.29) is 5.56 Å². The lowest BCUT2D eigenvalue weighted by Crippen LogP contribution is -2.31. The van der Waals surface area contributed by atoms with E-state index in [9.17, 15) is 4.79 Å². The van der Waals surface area contributed by atoms with Gasteiger partial charge in [0.2, 0.25) is 5.88 Å². The third-order valence-electron chi connectivity index (χ3n) is 3.71. The fourth-order valence-electron chi connectivity index (χ4n) is 2.58. The van der Waals surface area contributed by atoms with Gasteiger partial charge in [-0.25, -0.2) is 4.68 Å². The Morgan fingerprint density at radius 3 is 2.89 bits per heavy atom. The molecule has 0 atom stereocenters. The Morgan fingerprint density at radius 2 is 2.16 bits per heavy atom. The highest BCUT2D eigenvalue weighted by Crippen LogP contribution is 2.22. The summed E-state index contributed by atoms with van der Waals surface area (Å²) >= 11 is 0. The summed E-state index contributed by atoms with van der Waals surface area (Å²) in [7, 11) is 1.55. The van der Waals surface area contributed by atoms with Crippen LogP contribution in [0.4, 0.5) is 0 Å². The monoisotopic (exact) mass is 265 g/mol. The summed E-state index contributed by atoms with van der Waals surface area (Å²) in [5, 5.41) is 7.54. The number of nitrogens with zero attached hydrogens (tertiary/aromatic N) is 2. The van der Waals surface area contributed by atoms with E-state index in [1.807, 2.05) is 0 Å². The summed E-state index contributed by atoms with van der Waals surface area (Å²) in [5.41, 5.74) is -0.0831. The number of ether oxygens (including phenoxy) is 1. The van der Waals surface area contributed by atoms with Gasteiger partial charge in [0, 0.05) is 18.7 Å². The molecule has 0 aliphatic heterocycles. The maximum Gasteiger partial charge on any atom is 0.267 e. The molecule has 2 rings (SSSR count). The highest BCUT2D eigenvalue weighted by Gasteiger charge is 2.12. The van der Waals surface area contributed by atoms with Crippen molar-refractivity contribution in [3.05, 3.63) is 22.5 Å².